The molecule has 0 saturated carbocycles. The predicted molar refractivity (Wildman–Crippen MR) is 61.4 cm³/mol. The zero-order valence-corrected chi connectivity index (χ0v) is 9.95. The Bertz CT molecular complexity index is 228. The molecule has 1 aromatic rings. The topological polar surface area (TPSA) is 0 Å². The number of hydrogen-bond donors (Lipinski definition) is 0. The third-order valence-corrected chi connectivity index (χ3v) is 3.50. The van der Waals surface area contributed by atoms with Crippen molar-refractivity contribution in [2.75, 3.05) is 0 Å². The lowest BCUT2D eigenvalue weighted by Gasteiger charge is -2.29. The third kappa shape index (κ3) is 2.84. The molecule has 74 valence electrons. The van der Waals surface area contributed by atoms with E-state index in [0.717, 1.165) is 5.92 Å². The largest absolute Gasteiger partial charge is 0.149 e. The van der Waals surface area contributed by atoms with E-state index in [1.807, 2.05) is 11.3 Å². The molecule has 0 radical (unpaired) electrons. The molecule has 0 nitrogen and oxygen atoms in total. The molecule has 1 rings (SSSR count). The van der Waals surface area contributed by atoms with E-state index in [9.17, 15) is 0 Å². The molecule has 1 heteroatoms. The van der Waals surface area contributed by atoms with Gasteiger partial charge in [-0.15, -0.1) is 11.3 Å². The van der Waals surface area contributed by atoms with E-state index in [-0.39, 0.29) is 0 Å². The second-order valence-electron chi connectivity index (χ2n) is 4.72. The minimum absolute atomic E-state index is 0.404. The Morgan fingerprint density at radius 3 is 2.46 bits per heavy atom. The van der Waals surface area contributed by atoms with Gasteiger partial charge in [0.2, 0.25) is 0 Å². The smallest absolute Gasteiger partial charge is 0.00813 e. The second-order valence-corrected chi connectivity index (χ2v) is 5.70. The first-order chi connectivity index (χ1) is 6.05. The maximum atomic E-state index is 2.34. The summed E-state index contributed by atoms with van der Waals surface area (Å²) in [7, 11) is 0. The van der Waals surface area contributed by atoms with E-state index in [1.54, 1.807) is 4.88 Å². The van der Waals surface area contributed by atoms with E-state index in [0.29, 0.717) is 5.41 Å². The maximum absolute atomic E-state index is 2.34. The molecule has 0 amide bonds. The molecule has 0 aliphatic heterocycles. The number of thiophene rings is 1. The standard InChI is InChI=1S/C12H20S/c1-5-7-10(12(2,3)4)11-8-6-9-13-11/h6,8-10H,5,7H2,1-4H3. The van der Waals surface area contributed by atoms with E-state index >= 15 is 0 Å². The van der Waals surface area contributed by atoms with Crippen LogP contribution in [0.3, 0.4) is 0 Å². The fourth-order valence-corrected chi connectivity index (χ4v) is 2.89. The molecule has 0 aliphatic carbocycles. The Balaban J connectivity index is 2.81. The van der Waals surface area contributed by atoms with Crippen LogP contribution in [-0.2, 0) is 0 Å². The molecule has 0 fully saturated rings. The van der Waals surface area contributed by atoms with Crippen LogP contribution in [0.2, 0.25) is 0 Å². The molecule has 0 bridgehead atoms. The van der Waals surface area contributed by atoms with Crippen molar-refractivity contribution in [3.05, 3.63) is 22.4 Å². The highest BCUT2D eigenvalue weighted by atomic mass is 32.1. The first kappa shape index (κ1) is 10.8. The molecule has 0 aromatic carbocycles. The summed E-state index contributed by atoms with van der Waals surface area (Å²) < 4.78 is 0. The van der Waals surface area contributed by atoms with Crippen LogP contribution in [0.15, 0.2) is 17.5 Å². The van der Waals surface area contributed by atoms with Crippen LogP contribution in [0.1, 0.15) is 51.3 Å². The van der Waals surface area contributed by atoms with Gasteiger partial charge in [0.25, 0.3) is 0 Å². The van der Waals surface area contributed by atoms with E-state index < -0.39 is 0 Å². The van der Waals surface area contributed by atoms with E-state index in [4.69, 9.17) is 0 Å². The Kier molecular flexibility index (Phi) is 3.55. The lowest BCUT2D eigenvalue weighted by atomic mass is 9.77. The first-order valence-corrected chi connectivity index (χ1v) is 5.97. The SMILES string of the molecule is CCCC(c1cccs1)C(C)(C)C. The van der Waals surface area contributed by atoms with Crippen LogP contribution in [0, 0.1) is 5.41 Å². The number of hydrogen-bond acceptors (Lipinski definition) is 1. The van der Waals surface area contributed by atoms with Crippen LogP contribution < -0.4 is 0 Å². The van der Waals surface area contributed by atoms with Crippen LogP contribution in [0.4, 0.5) is 0 Å². The van der Waals surface area contributed by atoms with Gasteiger partial charge in [-0.2, -0.15) is 0 Å². The lowest BCUT2D eigenvalue weighted by molar-refractivity contribution is 0.307. The zero-order valence-electron chi connectivity index (χ0n) is 9.13. The van der Waals surface area contributed by atoms with Crippen LogP contribution in [0.25, 0.3) is 0 Å². The molecule has 0 N–H and O–H groups in total. The molecule has 0 aliphatic rings. The van der Waals surface area contributed by atoms with Crippen LogP contribution in [-0.4, -0.2) is 0 Å². The van der Waals surface area contributed by atoms with Gasteiger partial charge in [0.05, 0.1) is 0 Å². The summed E-state index contributed by atoms with van der Waals surface area (Å²) >= 11 is 1.90. The molecular formula is C12H20S. The Morgan fingerprint density at radius 2 is 2.08 bits per heavy atom. The average Bonchev–Trinajstić information content (AvgIpc) is 2.49. The quantitative estimate of drug-likeness (QED) is 0.658. The highest BCUT2D eigenvalue weighted by molar-refractivity contribution is 7.10. The van der Waals surface area contributed by atoms with Crippen molar-refractivity contribution in [1.29, 1.82) is 0 Å². The van der Waals surface area contributed by atoms with Gasteiger partial charge in [-0.3, -0.25) is 0 Å². The maximum Gasteiger partial charge on any atom is 0.00813 e. The summed E-state index contributed by atoms with van der Waals surface area (Å²) in [4.78, 5) is 1.55. The van der Waals surface area contributed by atoms with Crippen LogP contribution >= 0.6 is 11.3 Å². The van der Waals surface area contributed by atoms with Gasteiger partial charge in [-0.05, 0) is 29.2 Å². The van der Waals surface area contributed by atoms with Gasteiger partial charge in [0, 0.05) is 4.88 Å². The average molecular weight is 196 g/mol. The van der Waals surface area contributed by atoms with Crippen molar-refractivity contribution < 1.29 is 0 Å². The van der Waals surface area contributed by atoms with Crippen molar-refractivity contribution in [3.63, 3.8) is 0 Å². The minimum atomic E-state index is 0.404. The summed E-state index contributed by atoms with van der Waals surface area (Å²) in [5, 5.41) is 2.18. The number of rotatable bonds is 3. The predicted octanol–water partition coefficient (Wildman–Crippen LogP) is 4.68. The van der Waals surface area contributed by atoms with Gasteiger partial charge in [0.1, 0.15) is 0 Å². The van der Waals surface area contributed by atoms with Gasteiger partial charge in [-0.1, -0.05) is 40.2 Å². The Labute approximate surface area is 86.0 Å². The van der Waals surface area contributed by atoms with Gasteiger partial charge >= 0.3 is 0 Å². The monoisotopic (exact) mass is 196 g/mol. The summed E-state index contributed by atoms with van der Waals surface area (Å²) in [6.45, 7) is 9.29. The van der Waals surface area contributed by atoms with E-state index in [1.165, 1.54) is 12.8 Å². The van der Waals surface area contributed by atoms with Crippen molar-refractivity contribution in [2.24, 2.45) is 5.41 Å². The third-order valence-electron chi connectivity index (χ3n) is 2.51. The highest BCUT2D eigenvalue weighted by Crippen LogP contribution is 2.40. The Morgan fingerprint density at radius 1 is 1.38 bits per heavy atom. The first-order valence-electron chi connectivity index (χ1n) is 5.09. The van der Waals surface area contributed by atoms with Gasteiger partial charge in [-0.25, -0.2) is 0 Å². The summed E-state index contributed by atoms with van der Waals surface area (Å²) in [6.07, 6.45) is 2.59. The summed E-state index contributed by atoms with van der Waals surface area (Å²) in [5.41, 5.74) is 0.404. The normalized spacial score (nSPS) is 14.5. The molecule has 1 aromatic heterocycles. The molecule has 13 heavy (non-hydrogen) atoms. The van der Waals surface area contributed by atoms with Crippen LogP contribution in [0.5, 0.6) is 0 Å². The summed E-state index contributed by atoms with van der Waals surface area (Å²) in [5.74, 6) is 0.734. The van der Waals surface area contributed by atoms with Gasteiger partial charge < -0.3 is 0 Å². The van der Waals surface area contributed by atoms with Crippen molar-refractivity contribution in [3.8, 4) is 0 Å². The molecule has 1 unspecified atom stereocenters. The molecular weight excluding hydrogens is 176 g/mol. The van der Waals surface area contributed by atoms with Gasteiger partial charge in [0.15, 0.2) is 0 Å². The molecule has 1 atom stereocenters. The molecule has 1 heterocycles. The highest BCUT2D eigenvalue weighted by Gasteiger charge is 2.25. The van der Waals surface area contributed by atoms with Crippen molar-refractivity contribution in [2.45, 2.75) is 46.5 Å². The zero-order chi connectivity index (χ0) is 9.90. The minimum Gasteiger partial charge on any atom is -0.149 e. The molecule has 0 spiro atoms. The van der Waals surface area contributed by atoms with Crippen molar-refractivity contribution >= 4 is 11.3 Å². The lowest BCUT2D eigenvalue weighted by Crippen LogP contribution is -2.17. The Hall–Kier alpha value is -0.300. The van der Waals surface area contributed by atoms with Crippen molar-refractivity contribution in [1.82, 2.24) is 0 Å². The second kappa shape index (κ2) is 4.28. The fourth-order valence-electron chi connectivity index (χ4n) is 1.78. The fraction of sp³-hybridized carbons (Fsp3) is 0.667. The van der Waals surface area contributed by atoms with E-state index in [2.05, 4.69) is 45.2 Å². The summed E-state index contributed by atoms with van der Waals surface area (Å²) in [6, 6.07) is 4.44. The molecule has 0 saturated heterocycles.